The molecule has 1 fully saturated rings. The summed E-state index contributed by atoms with van der Waals surface area (Å²) in [5, 5.41) is 2.92. The molecule has 2 aromatic carbocycles. The Balaban J connectivity index is 1.68. The standard InChI is InChI=1S/C20H24N2O3S/c1-2-17-7-3-4-8-19(17)21-20(23)18-11-9-16(10-12-18)15-26(24,25)22-13-5-6-14-22/h3-4,7-12H,2,5-6,13-15H2,1H3,(H,21,23). The summed E-state index contributed by atoms with van der Waals surface area (Å²) in [5.74, 6) is -0.215. The highest BCUT2D eigenvalue weighted by atomic mass is 32.2. The van der Waals surface area contributed by atoms with E-state index in [0.717, 1.165) is 30.5 Å². The van der Waals surface area contributed by atoms with Crippen molar-refractivity contribution in [3.05, 3.63) is 65.2 Å². The van der Waals surface area contributed by atoms with Gasteiger partial charge in [-0.05, 0) is 48.6 Å². The number of aryl methyl sites for hydroxylation is 1. The van der Waals surface area contributed by atoms with E-state index in [1.165, 1.54) is 0 Å². The Bertz CT molecular complexity index is 870. The maximum atomic E-state index is 12.5. The minimum Gasteiger partial charge on any atom is -0.322 e. The first-order chi connectivity index (χ1) is 12.5. The van der Waals surface area contributed by atoms with Crippen LogP contribution in [-0.4, -0.2) is 31.7 Å². The molecule has 26 heavy (non-hydrogen) atoms. The number of anilines is 1. The normalized spacial score (nSPS) is 15.1. The molecule has 0 bridgehead atoms. The first-order valence-electron chi connectivity index (χ1n) is 8.95. The highest BCUT2D eigenvalue weighted by Gasteiger charge is 2.25. The van der Waals surface area contributed by atoms with Crippen molar-refractivity contribution in [2.45, 2.75) is 31.9 Å². The van der Waals surface area contributed by atoms with Crippen LogP contribution in [0.2, 0.25) is 0 Å². The highest BCUT2D eigenvalue weighted by molar-refractivity contribution is 7.88. The molecule has 0 radical (unpaired) electrons. The number of hydrogen-bond donors (Lipinski definition) is 1. The minimum atomic E-state index is -3.27. The zero-order chi connectivity index (χ0) is 18.6. The first-order valence-corrected chi connectivity index (χ1v) is 10.6. The topological polar surface area (TPSA) is 66.5 Å². The van der Waals surface area contributed by atoms with E-state index in [-0.39, 0.29) is 11.7 Å². The first kappa shape index (κ1) is 18.6. The highest BCUT2D eigenvalue weighted by Crippen LogP contribution is 2.19. The van der Waals surface area contributed by atoms with Gasteiger partial charge in [0.1, 0.15) is 0 Å². The third kappa shape index (κ3) is 4.31. The van der Waals surface area contributed by atoms with Gasteiger partial charge in [-0.25, -0.2) is 12.7 Å². The number of nitrogens with zero attached hydrogens (tertiary/aromatic N) is 1. The molecule has 1 heterocycles. The lowest BCUT2D eigenvalue weighted by Crippen LogP contribution is -2.29. The molecule has 1 saturated heterocycles. The molecule has 0 atom stereocenters. The van der Waals surface area contributed by atoms with E-state index in [2.05, 4.69) is 5.32 Å². The summed E-state index contributed by atoms with van der Waals surface area (Å²) in [6.07, 6.45) is 2.69. The van der Waals surface area contributed by atoms with Gasteiger partial charge in [0.25, 0.3) is 5.91 Å². The van der Waals surface area contributed by atoms with Crippen LogP contribution in [0.1, 0.15) is 41.3 Å². The molecule has 138 valence electrons. The summed E-state index contributed by atoms with van der Waals surface area (Å²) in [6, 6.07) is 14.5. The van der Waals surface area contributed by atoms with E-state index >= 15 is 0 Å². The molecule has 3 rings (SSSR count). The molecule has 1 aliphatic rings. The Morgan fingerprint density at radius 1 is 1.04 bits per heavy atom. The van der Waals surface area contributed by atoms with Gasteiger partial charge in [0, 0.05) is 24.3 Å². The minimum absolute atomic E-state index is 0.0203. The lowest BCUT2D eigenvalue weighted by atomic mass is 10.1. The number of benzene rings is 2. The number of para-hydroxylation sites is 1. The maximum Gasteiger partial charge on any atom is 0.255 e. The summed E-state index contributed by atoms with van der Waals surface area (Å²) >= 11 is 0. The zero-order valence-electron chi connectivity index (χ0n) is 14.9. The molecule has 1 N–H and O–H groups in total. The van der Waals surface area contributed by atoms with E-state index in [4.69, 9.17) is 0 Å². The van der Waals surface area contributed by atoms with Gasteiger partial charge in [-0.15, -0.1) is 0 Å². The fourth-order valence-electron chi connectivity index (χ4n) is 3.17. The van der Waals surface area contributed by atoms with Crippen molar-refractivity contribution >= 4 is 21.6 Å². The van der Waals surface area contributed by atoms with E-state index in [1.54, 1.807) is 28.6 Å². The molecular formula is C20H24N2O3S. The Hall–Kier alpha value is -2.18. The monoisotopic (exact) mass is 372 g/mol. The molecular weight excluding hydrogens is 348 g/mol. The quantitative estimate of drug-likeness (QED) is 0.845. The molecule has 2 aromatic rings. The van der Waals surface area contributed by atoms with Gasteiger partial charge in [0.2, 0.25) is 10.0 Å². The van der Waals surface area contributed by atoms with Crippen molar-refractivity contribution in [3.8, 4) is 0 Å². The van der Waals surface area contributed by atoms with Crippen molar-refractivity contribution in [2.75, 3.05) is 18.4 Å². The second-order valence-electron chi connectivity index (χ2n) is 6.52. The van der Waals surface area contributed by atoms with Gasteiger partial charge in [-0.1, -0.05) is 37.3 Å². The lowest BCUT2D eigenvalue weighted by Gasteiger charge is -2.15. The maximum absolute atomic E-state index is 12.5. The molecule has 0 aromatic heterocycles. The van der Waals surface area contributed by atoms with Crippen LogP contribution in [0.4, 0.5) is 5.69 Å². The Labute approximate surface area is 155 Å². The number of rotatable bonds is 6. The molecule has 5 nitrogen and oxygen atoms in total. The van der Waals surface area contributed by atoms with Gasteiger partial charge >= 0.3 is 0 Å². The summed E-state index contributed by atoms with van der Waals surface area (Å²) in [5.41, 5.74) is 3.09. The molecule has 0 unspecified atom stereocenters. The van der Waals surface area contributed by atoms with Gasteiger partial charge in [-0.3, -0.25) is 4.79 Å². The fourth-order valence-corrected chi connectivity index (χ4v) is 4.78. The lowest BCUT2D eigenvalue weighted by molar-refractivity contribution is 0.102. The molecule has 6 heteroatoms. The zero-order valence-corrected chi connectivity index (χ0v) is 15.8. The van der Waals surface area contributed by atoms with Crippen LogP contribution >= 0.6 is 0 Å². The van der Waals surface area contributed by atoms with Crippen LogP contribution in [0, 0.1) is 0 Å². The molecule has 0 spiro atoms. The molecule has 0 aliphatic carbocycles. The number of carbonyl (C=O) groups is 1. The predicted octanol–water partition coefficient (Wildman–Crippen LogP) is 3.43. The average molecular weight is 372 g/mol. The number of sulfonamides is 1. The summed E-state index contributed by atoms with van der Waals surface area (Å²) < 4.78 is 26.3. The second kappa shape index (κ2) is 8.01. The van der Waals surface area contributed by atoms with E-state index in [1.807, 2.05) is 31.2 Å². The second-order valence-corrected chi connectivity index (χ2v) is 8.49. The van der Waals surface area contributed by atoms with Gasteiger partial charge in [-0.2, -0.15) is 0 Å². The van der Waals surface area contributed by atoms with Crippen molar-refractivity contribution < 1.29 is 13.2 Å². The van der Waals surface area contributed by atoms with Crippen LogP contribution in [0.5, 0.6) is 0 Å². The number of hydrogen-bond acceptors (Lipinski definition) is 3. The summed E-state index contributed by atoms with van der Waals surface area (Å²) in [6.45, 7) is 3.26. The predicted molar refractivity (Wildman–Crippen MR) is 104 cm³/mol. The number of carbonyl (C=O) groups excluding carboxylic acids is 1. The smallest absolute Gasteiger partial charge is 0.255 e. The van der Waals surface area contributed by atoms with E-state index < -0.39 is 10.0 Å². The number of nitrogens with one attached hydrogen (secondary N) is 1. The Morgan fingerprint density at radius 3 is 2.35 bits per heavy atom. The van der Waals surface area contributed by atoms with Crippen molar-refractivity contribution in [1.29, 1.82) is 0 Å². The third-order valence-electron chi connectivity index (χ3n) is 4.67. The average Bonchev–Trinajstić information content (AvgIpc) is 3.18. The van der Waals surface area contributed by atoms with E-state index in [9.17, 15) is 13.2 Å². The molecule has 1 amide bonds. The summed E-state index contributed by atoms with van der Waals surface area (Å²) in [7, 11) is -3.27. The third-order valence-corrected chi connectivity index (χ3v) is 6.52. The van der Waals surface area contributed by atoms with Crippen LogP contribution in [0.15, 0.2) is 48.5 Å². The van der Waals surface area contributed by atoms with Crippen LogP contribution in [-0.2, 0) is 22.2 Å². The van der Waals surface area contributed by atoms with Gasteiger partial charge < -0.3 is 5.32 Å². The van der Waals surface area contributed by atoms with Crippen molar-refractivity contribution in [1.82, 2.24) is 4.31 Å². The van der Waals surface area contributed by atoms with Crippen molar-refractivity contribution in [2.24, 2.45) is 0 Å². The van der Waals surface area contributed by atoms with Crippen molar-refractivity contribution in [3.63, 3.8) is 0 Å². The van der Waals surface area contributed by atoms with Gasteiger partial charge in [0.05, 0.1) is 5.75 Å². The molecule has 1 aliphatic heterocycles. The molecule has 0 saturated carbocycles. The SMILES string of the molecule is CCc1ccccc1NC(=O)c1ccc(CS(=O)(=O)N2CCCC2)cc1. The van der Waals surface area contributed by atoms with Crippen LogP contribution < -0.4 is 5.32 Å². The summed E-state index contributed by atoms with van der Waals surface area (Å²) in [4.78, 5) is 12.5. The largest absolute Gasteiger partial charge is 0.322 e. The van der Waals surface area contributed by atoms with Crippen LogP contribution in [0.3, 0.4) is 0 Å². The Morgan fingerprint density at radius 2 is 1.69 bits per heavy atom. The Kier molecular flexibility index (Phi) is 5.74. The number of amides is 1. The van der Waals surface area contributed by atoms with Gasteiger partial charge in [0.15, 0.2) is 0 Å². The van der Waals surface area contributed by atoms with Crippen LogP contribution in [0.25, 0.3) is 0 Å². The van der Waals surface area contributed by atoms with E-state index in [0.29, 0.717) is 24.2 Å². The fraction of sp³-hybridized carbons (Fsp3) is 0.350.